The third kappa shape index (κ3) is 5.62. The number of thiocarbonyl (C=S) groups is 1. The van der Waals surface area contributed by atoms with E-state index < -0.39 is 0 Å². The van der Waals surface area contributed by atoms with Gasteiger partial charge in [0.05, 0.1) is 6.61 Å². The lowest BCUT2D eigenvalue weighted by atomic mass is 10.0. The molecule has 0 aliphatic heterocycles. The summed E-state index contributed by atoms with van der Waals surface area (Å²) >= 11 is 5.61. The lowest BCUT2D eigenvalue weighted by Gasteiger charge is -2.26. The summed E-state index contributed by atoms with van der Waals surface area (Å²) in [7, 11) is 1.71. The van der Waals surface area contributed by atoms with E-state index in [9.17, 15) is 0 Å². The van der Waals surface area contributed by atoms with Gasteiger partial charge in [0, 0.05) is 25.9 Å². The van der Waals surface area contributed by atoms with Crippen LogP contribution in [0.4, 0.5) is 5.69 Å². The first-order chi connectivity index (χ1) is 11.6. The van der Waals surface area contributed by atoms with Crippen LogP contribution in [0, 0.1) is 0 Å². The number of anilines is 1. The third-order valence-electron chi connectivity index (χ3n) is 3.90. The van der Waals surface area contributed by atoms with E-state index in [-0.39, 0.29) is 0 Å². The zero-order valence-corrected chi connectivity index (χ0v) is 15.5. The number of nitrogens with zero attached hydrogens (tertiary/aromatic N) is 1. The van der Waals surface area contributed by atoms with E-state index in [1.54, 1.807) is 7.11 Å². The van der Waals surface area contributed by atoms with Gasteiger partial charge in [-0.1, -0.05) is 56.3 Å². The van der Waals surface area contributed by atoms with Gasteiger partial charge in [-0.15, -0.1) is 0 Å². The summed E-state index contributed by atoms with van der Waals surface area (Å²) in [5.74, 6) is 0.530. The fourth-order valence-electron chi connectivity index (χ4n) is 2.41. The molecular formula is C20H26N2OS. The highest BCUT2D eigenvalue weighted by Gasteiger charge is 2.11. The second-order valence-electron chi connectivity index (χ2n) is 6.11. The van der Waals surface area contributed by atoms with Gasteiger partial charge in [-0.2, -0.15) is 0 Å². The van der Waals surface area contributed by atoms with E-state index in [0.717, 1.165) is 18.8 Å². The van der Waals surface area contributed by atoms with Crippen LogP contribution >= 0.6 is 12.2 Å². The maximum absolute atomic E-state index is 5.61. The van der Waals surface area contributed by atoms with Crippen LogP contribution in [-0.2, 0) is 11.3 Å². The van der Waals surface area contributed by atoms with Crippen molar-refractivity contribution in [2.24, 2.45) is 0 Å². The maximum Gasteiger partial charge on any atom is 0.173 e. The van der Waals surface area contributed by atoms with E-state index in [1.807, 2.05) is 18.2 Å². The lowest BCUT2D eigenvalue weighted by Crippen LogP contribution is -2.36. The van der Waals surface area contributed by atoms with Crippen molar-refractivity contribution in [3.63, 3.8) is 0 Å². The predicted octanol–water partition coefficient (Wildman–Crippen LogP) is 4.66. The number of benzene rings is 2. The smallest absolute Gasteiger partial charge is 0.173 e. The van der Waals surface area contributed by atoms with E-state index >= 15 is 0 Å². The van der Waals surface area contributed by atoms with Gasteiger partial charge in [-0.3, -0.25) is 0 Å². The number of hydrogen-bond donors (Lipinski definition) is 1. The molecule has 24 heavy (non-hydrogen) atoms. The van der Waals surface area contributed by atoms with Gasteiger partial charge in [0.1, 0.15) is 0 Å². The van der Waals surface area contributed by atoms with E-state index in [0.29, 0.717) is 17.6 Å². The Labute approximate surface area is 150 Å². The molecular weight excluding hydrogens is 316 g/mol. The molecule has 1 N–H and O–H groups in total. The third-order valence-corrected chi connectivity index (χ3v) is 4.26. The van der Waals surface area contributed by atoms with Gasteiger partial charge in [0.15, 0.2) is 5.11 Å². The Bertz CT molecular complexity index is 626. The highest BCUT2D eigenvalue weighted by atomic mass is 32.1. The fourth-order valence-corrected chi connectivity index (χ4v) is 2.69. The molecule has 0 amide bonds. The SMILES string of the molecule is COCCN(Cc1ccccc1)C(=S)Nc1ccc(C(C)C)cc1. The monoisotopic (exact) mass is 342 g/mol. The Kier molecular flexibility index (Phi) is 7.22. The topological polar surface area (TPSA) is 24.5 Å². The molecule has 0 saturated carbocycles. The second-order valence-corrected chi connectivity index (χ2v) is 6.49. The van der Waals surface area contributed by atoms with Gasteiger partial charge < -0.3 is 15.0 Å². The molecule has 0 bridgehead atoms. The molecule has 0 aliphatic rings. The van der Waals surface area contributed by atoms with Crippen LogP contribution in [0.1, 0.15) is 30.9 Å². The van der Waals surface area contributed by atoms with Crippen molar-refractivity contribution in [3.05, 3.63) is 65.7 Å². The summed E-state index contributed by atoms with van der Waals surface area (Å²) in [6, 6.07) is 18.8. The number of nitrogens with one attached hydrogen (secondary N) is 1. The minimum atomic E-state index is 0.530. The zero-order valence-electron chi connectivity index (χ0n) is 14.7. The number of methoxy groups -OCH3 is 1. The van der Waals surface area contributed by atoms with Crippen molar-refractivity contribution in [1.29, 1.82) is 0 Å². The van der Waals surface area contributed by atoms with Gasteiger partial charge in [0.2, 0.25) is 0 Å². The number of hydrogen-bond acceptors (Lipinski definition) is 2. The summed E-state index contributed by atoms with van der Waals surface area (Å²) < 4.78 is 5.22. The summed E-state index contributed by atoms with van der Waals surface area (Å²) in [4.78, 5) is 2.13. The van der Waals surface area contributed by atoms with Crippen LogP contribution in [0.5, 0.6) is 0 Å². The Morgan fingerprint density at radius 2 is 1.75 bits per heavy atom. The molecule has 0 unspecified atom stereocenters. The Balaban J connectivity index is 2.03. The molecule has 128 valence electrons. The quantitative estimate of drug-likeness (QED) is 0.740. The van der Waals surface area contributed by atoms with Gasteiger partial charge in [0.25, 0.3) is 0 Å². The average molecular weight is 343 g/mol. The molecule has 2 aromatic carbocycles. The Morgan fingerprint density at radius 1 is 1.08 bits per heavy atom. The van der Waals surface area contributed by atoms with Crippen molar-refractivity contribution < 1.29 is 4.74 Å². The van der Waals surface area contributed by atoms with Crippen LogP contribution in [-0.4, -0.2) is 30.3 Å². The van der Waals surface area contributed by atoms with Crippen LogP contribution in [0.2, 0.25) is 0 Å². The van der Waals surface area contributed by atoms with Crippen LogP contribution < -0.4 is 5.32 Å². The van der Waals surface area contributed by atoms with Crippen LogP contribution in [0.3, 0.4) is 0 Å². The Hall–Kier alpha value is -1.91. The van der Waals surface area contributed by atoms with E-state index in [2.05, 4.69) is 60.5 Å². The fraction of sp³-hybridized carbons (Fsp3) is 0.350. The summed E-state index contributed by atoms with van der Waals surface area (Å²) in [6.45, 7) is 6.54. The lowest BCUT2D eigenvalue weighted by molar-refractivity contribution is 0.175. The maximum atomic E-state index is 5.61. The van der Waals surface area contributed by atoms with Gasteiger partial charge in [-0.05, 0) is 41.4 Å². The molecule has 2 aromatic rings. The molecule has 4 heteroatoms. The summed E-state index contributed by atoms with van der Waals surface area (Å²) in [5.41, 5.74) is 3.57. The second kappa shape index (κ2) is 9.40. The highest BCUT2D eigenvalue weighted by Crippen LogP contribution is 2.17. The van der Waals surface area contributed by atoms with Crippen molar-refractivity contribution in [1.82, 2.24) is 4.90 Å². The molecule has 0 atom stereocenters. The molecule has 0 saturated heterocycles. The van der Waals surface area contributed by atoms with Crippen molar-refractivity contribution in [3.8, 4) is 0 Å². The first kappa shape index (κ1) is 18.4. The molecule has 0 fully saturated rings. The Morgan fingerprint density at radius 3 is 2.33 bits per heavy atom. The number of ether oxygens (including phenoxy) is 1. The molecule has 0 radical (unpaired) electrons. The van der Waals surface area contributed by atoms with Crippen molar-refractivity contribution >= 4 is 23.0 Å². The van der Waals surface area contributed by atoms with Crippen molar-refractivity contribution in [2.75, 3.05) is 25.6 Å². The molecule has 0 aromatic heterocycles. The van der Waals surface area contributed by atoms with Crippen molar-refractivity contribution in [2.45, 2.75) is 26.3 Å². The first-order valence-electron chi connectivity index (χ1n) is 8.29. The minimum Gasteiger partial charge on any atom is -0.383 e. The zero-order chi connectivity index (χ0) is 17.4. The summed E-state index contributed by atoms with van der Waals surface area (Å²) in [6.07, 6.45) is 0. The first-order valence-corrected chi connectivity index (χ1v) is 8.69. The molecule has 0 aliphatic carbocycles. The molecule has 0 spiro atoms. The largest absolute Gasteiger partial charge is 0.383 e. The standard InChI is InChI=1S/C20H26N2OS/c1-16(2)18-9-11-19(12-10-18)21-20(24)22(13-14-23-3)15-17-7-5-4-6-8-17/h4-12,16H,13-15H2,1-3H3,(H,21,24). The van der Waals surface area contributed by atoms with E-state index in [1.165, 1.54) is 11.1 Å². The highest BCUT2D eigenvalue weighted by molar-refractivity contribution is 7.80. The van der Waals surface area contributed by atoms with Crippen LogP contribution in [0.25, 0.3) is 0 Å². The molecule has 2 rings (SSSR count). The van der Waals surface area contributed by atoms with Gasteiger partial charge in [-0.25, -0.2) is 0 Å². The van der Waals surface area contributed by atoms with E-state index in [4.69, 9.17) is 17.0 Å². The molecule has 0 heterocycles. The molecule has 3 nitrogen and oxygen atoms in total. The normalized spacial score (nSPS) is 10.7. The average Bonchev–Trinajstić information content (AvgIpc) is 2.60. The predicted molar refractivity (Wildman–Crippen MR) is 105 cm³/mol. The van der Waals surface area contributed by atoms with Gasteiger partial charge >= 0.3 is 0 Å². The van der Waals surface area contributed by atoms with Crippen LogP contribution in [0.15, 0.2) is 54.6 Å². The number of rotatable bonds is 7. The minimum absolute atomic E-state index is 0.530. The summed E-state index contributed by atoms with van der Waals surface area (Å²) in [5, 5.41) is 4.06.